The number of carbonyl (C=O) groups excluding carboxylic acids is 2. The van der Waals surface area contributed by atoms with E-state index in [-0.39, 0.29) is 18.2 Å². The molecule has 2 fully saturated rings. The van der Waals surface area contributed by atoms with Gasteiger partial charge in [0.05, 0.1) is 24.6 Å². The molecule has 2 aliphatic heterocycles. The van der Waals surface area contributed by atoms with Gasteiger partial charge in [0.2, 0.25) is 11.8 Å². The number of rotatable bonds is 4. The Balaban J connectivity index is 1.58. The van der Waals surface area contributed by atoms with Crippen LogP contribution in [0.2, 0.25) is 0 Å². The number of benzene rings is 1. The van der Waals surface area contributed by atoms with Crippen LogP contribution in [-0.2, 0) is 14.3 Å². The molecule has 2 saturated heterocycles. The van der Waals surface area contributed by atoms with E-state index in [4.69, 9.17) is 4.74 Å². The van der Waals surface area contributed by atoms with Gasteiger partial charge in [-0.2, -0.15) is 0 Å². The lowest BCUT2D eigenvalue weighted by atomic mass is 9.99. The molecule has 1 aromatic rings. The smallest absolute Gasteiger partial charge is 0.233 e. The van der Waals surface area contributed by atoms with E-state index in [9.17, 15) is 9.59 Å². The van der Waals surface area contributed by atoms with Gasteiger partial charge >= 0.3 is 0 Å². The molecule has 2 amide bonds. The number of amides is 2. The first-order chi connectivity index (χ1) is 12.1. The predicted octanol–water partition coefficient (Wildman–Crippen LogP) is 2.11. The fraction of sp³-hybridized carbons (Fsp3) is 0.579. The van der Waals surface area contributed by atoms with Crippen LogP contribution in [0.25, 0.3) is 0 Å². The quantitative estimate of drug-likeness (QED) is 0.849. The van der Waals surface area contributed by atoms with Gasteiger partial charge in [0.15, 0.2) is 0 Å². The molecule has 1 N–H and O–H groups in total. The minimum Gasteiger partial charge on any atom is -0.378 e. The predicted molar refractivity (Wildman–Crippen MR) is 97.7 cm³/mol. The molecule has 0 saturated carbocycles. The number of anilines is 2. The number of hydrogen-bond acceptors (Lipinski definition) is 4. The Morgan fingerprint density at radius 2 is 1.80 bits per heavy atom. The lowest BCUT2D eigenvalue weighted by Gasteiger charge is -2.31. The minimum atomic E-state index is -0.246. The third-order valence-corrected chi connectivity index (χ3v) is 4.98. The lowest BCUT2D eigenvalue weighted by Crippen LogP contribution is -2.39. The van der Waals surface area contributed by atoms with Gasteiger partial charge in [-0.05, 0) is 30.9 Å². The van der Waals surface area contributed by atoms with Crippen molar-refractivity contribution in [3.05, 3.63) is 24.3 Å². The van der Waals surface area contributed by atoms with Crippen molar-refractivity contribution in [2.75, 3.05) is 49.6 Å². The van der Waals surface area contributed by atoms with Crippen LogP contribution < -0.4 is 10.2 Å². The SMILES string of the molecule is CC1CCN(C(=O)CC(=O)Nc2ccccc2N2CCOCC2)CC1. The number of piperidine rings is 1. The molecule has 1 aromatic carbocycles. The molecule has 0 aromatic heterocycles. The van der Waals surface area contributed by atoms with Gasteiger partial charge < -0.3 is 19.9 Å². The topological polar surface area (TPSA) is 61.9 Å². The highest BCUT2D eigenvalue weighted by Crippen LogP contribution is 2.26. The number of para-hydroxylation sites is 2. The fourth-order valence-electron chi connectivity index (χ4n) is 3.36. The van der Waals surface area contributed by atoms with Crippen LogP contribution in [-0.4, -0.2) is 56.1 Å². The number of ether oxygens (including phenoxy) is 1. The first-order valence-electron chi connectivity index (χ1n) is 9.13. The van der Waals surface area contributed by atoms with E-state index in [2.05, 4.69) is 17.1 Å². The highest BCUT2D eigenvalue weighted by molar-refractivity contribution is 6.05. The first-order valence-corrected chi connectivity index (χ1v) is 9.13. The van der Waals surface area contributed by atoms with Gasteiger partial charge in [-0.3, -0.25) is 9.59 Å². The molecule has 6 heteroatoms. The molecule has 0 spiro atoms. The van der Waals surface area contributed by atoms with E-state index in [1.165, 1.54) is 0 Å². The molecule has 2 heterocycles. The van der Waals surface area contributed by atoms with Crippen LogP contribution in [0.1, 0.15) is 26.2 Å². The van der Waals surface area contributed by atoms with Crippen molar-refractivity contribution in [3.63, 3.8) is 0 Å². The van der Waals surface area contributed by atoms with E-state index >= 15 is 0 Å². The van der Waals surface area contributed by atoms with Crippen molar-refractivity contribution >= 4 is 23.2 Å². The second kappa shape index (κ2) is 8.34. The zero-order chi connectivity index (χ0) is 17.6. The van der Waals surface area contributed by atoms with Crippen LogP contribution in [0.4, 0.5) is 11.4 Å². The molecular weight excluding hydrogens is 318 g/mol. The third-order valence-electron chi connectivity index (χ3n) is 4.98. The Labute approximate surface area is 149 Å². The normalized spacial score (nSPS) is 18.9. The van der Waals surface area contributed by atoms with Crippen LogP contribution >= 0.6 is 0 Å². The number of nitrogens with zero attached hydrogens (tertiary/aromatic N) is 2. The average Bonchev–Trinajstić information content (AvgIpc) is 2.63. The number of carbonyl (C=O) groups is 2. The third kappa shape index (κ3) is 4.72. The van der Waals surface area contributed by atoms with Crippen LogP contribution in [0.3, 0.4) is 0 Å². The largest absolute Gasteiger partial charge is 0.378 e. The van der Waals surface area contributed by atoms with E-state index in [0.29, 0.717) is 19.1 Å². The van der Waals surface area contributed by atoms with Crippen molar-refractivity contribution in [1.29, 1.82) is 0 Å². The van der Waals surface area contributed by atoms with Crippen LogP contribution in [0.15, 0.2) is 24.3 Å². The summed E-state index contributed by atoms with van der Waals surface area (Å²) < 4.78 is 5.39. The Bertz CT molecular complexity index is 606. The summed E-state index contributed by atoms with van der Waals surface area (Å²) in [5, 5.41) is 2.92. The summed E-state index contributed by atoms with van der Waals surface area (Å²) >= 11 is 0. The number of hydrogen-bond donors (Lipinski definition) is 1. The maximum atomic E-state index is 12.4. The minimum absolute atomic E-state index is 0.0757. The molecule has 0 radical (unpaired) electrons. The molecule has 0 unspecified atom stereocenters. The van der Waals surface area contributed by atoms with Gasteiger partial charge in [-0.1, -0.05) is 19.1 Å². The Hall–Kier alpha value is -2.08. The van der Waals surface area contributed by atoms with E-state index in [1.54, 1.807) is 0 Å². The van der Waals surface area contributed by atoms with Crippen molar-refractivity contribution in [2.45, 2.75) is 26.2 Å². The lowest BCUT2D eigenvalue weighted by molar-refractivity contribution is -0.135. The molecule has 6 nitrogen and oxygen atoms in total. The average molecular weight is 345 g/mol. The van der Waals surface area contributed by atoms with E-state index < -0.39 is 0 Å². The Morgan fingerprint density at radius 3 is 2.52 bits per heavy atom. The maximum absolute atomic E-state index is 12.4. The van der Waals surface area contributed by atoms with Gasteiger partial charge in [0.1, 0.15) is 6.42 Å². The first kappa shape index (κ1) is 17.7. The Morgan fingerprint density at radius 1 is 1.12 bits per heavy atom. The second-order valence-electron chi connectivity index (χ2n) is 6.90. The molecular formula is C19H27N3O3. The summed E-state index contributed by atoms with van der Waals surface area (Å²) in [4.78, 5) is 28.7. The number of likely N-dealkylation sites (tertiary alicyclic amines) is 1. The summed E-state index contributed by atoms with van der Waals surface area (Å²) in [7, 11) is 0. The molecule has 25 heavy (non-hydrogen) atoms. The summed E-state index contributed by atoms with van der Waals surface area (Å²) in [6.45, 7) is 6.71. The maximum Gasteiger partial charge on any atom is 0.233 e. The van der Waals surface area contributed by atoms with Crippen molar-refractivity contribution in [3.8, 4) is 0 Å². The van der Waals surface area contributed by atoms with Gasteiger partial charge in [0.25, 0.3) is 0 Å². The molecule has 2 aliphatic rings. The van der Waals surface area contributed by atoms with Gasteiger partial charge in [-0.25, -0.2) is 0 Å². The van der Waals surface area contributed by atoms with Crippen molar-refractivity contribution < 1.29 is 14.3 Å². The highest BCUT2D eigenvalue weighted by Gasteiger charge is 2.23. The molecule has 3 rings (SSSR count). The summed E-state index contributed by atoms with van der Waals surface area (Å²) in [5.74, 6) is 0.343. The molecule has 0 atom stereocenters. The summed E-state index contributed by atoms with van der Waals surface area (Å²) in [6, 6.07) is 7.73. The zero-order valence-electron chi connectivity index (χ0n) is 14.9. The van der Waals surface area contributed by atoms with Crippen LogP contribution in [0, 0.1) is 5.92 Å². The fourth-order valence-corrected chi connectivity index (χ4v) is 3.36. The standard InChI is InChI=1S/C19H27N3O3/c1-15-6-8-22(9-7-15)19(24)14-18(23)20-16-4-2-3-5-17(16)21-10-12-25-13-11-21/h2-5,15H,6-14H2,1H3,(H,20,23). The molecule has 136 valence electrons. The summed E-state index contributed by atoms with van der Waals surface area (Å²) in [5.41, 5.74) is 1.74. The highest BCUT2D eigenvalue weighted by atomic mass is 16.5. The van der Waals surface area contributed by atoms with Gasteiger partial charge in [-0.15, -0.1) is 0 Å². The van der Waals surface area contributed by atoms with Crippen LogP contribution in [0.5, 0.6) is 0 Å². The van der Waals surface area contributed by atoms with E-state index in [1.807, 2.05) is 29.2 Å². The van der Waals surface area contributed by atoms with Gasteiger partial charge in [0, 0.05) is 26.2 Å². The molecule has 0 aliphatic carbocycles. The Kier molecular flexibility index (Phi) is 5.91. The molecule has 0 bridgehead atoms. The van der Waals surface area contributed by atoms with Crippen molar-refractivity contribution in [2.24, 2.45) is 5.92 Å². The second-order valence-corrected chi connectivity index (χ2v) is 6.90. The number of morpholine rings is 1. The zero-order valence-corrected chi connectivity index (χ0v) is 14.9. The van der Waals surface area contributed by atoms with Crippen molar-refractivity contribution in [1.82, 2.24) is 4.90 Å². The monoisotopic (exact) mass is 345 g/mol. The number of nitrogens with one attached hydrogen (secondary N) is 1. The van der Waals surface area contributed by atoms with E-state index in [0.717, 1.165) is 50.4 Å². The summed E-state index contributed by atoms with van der Waals surface area (Å²) in [6.07, 6.45) is 1.95.